The van der Waals surface area contributed by atoms with E-state index < -0.39 is 0 Å². The molecule has 2 N–H and O–H groups in total. The van der Waals surface area contributed by atoms with Crippen LogP contribution in [0.2, 0.25) is 0 Å². The Morgan fingerprint density at radius 1 is 1.22 bits per heavy atom. The van der Waals surface area contributed by atoms with Crippen LogP contribution in [0.3, 0.4) is 0 Å². The number of aromatic nitrogens is 2. The van der Waals surface area contributed by atoms with Crippen LogP contribution >= 0.6 is 0 Å². The van der Waals surface area contributed by atoms with Gasteiger partial charge in [0.2, 0.25) is 5.89 Å². The third kappa shape index (κ3) is 3.02. The molecule has 2 aliphatic rings. The van der Waals surface area contributed by atoms with E-state index in [9.17, 15) is 0 Å². The van der Waals surface area contributed by atoms with Crippen molar-refractivity contribution in [1.29, 1.82) is 0 Å². The van der Waals surface area contributed by atoms with Crippen molar-refractivity contribution in [2.45, 2.75) is 51.6 Å². The quantitative estimate of drug-likeness (QED) is 0.692. The minimum absolute atomic E-state index is 0.571. The summed E-state index contributed by atoms with van der Waals surface area (Å²) in [7, 11) is 0. The van der Waals surface area contributed by atoms with Gasteiger partial charge in [0.15, 0.2) is 0 Å². The van der Waals surface area contributed by atoms with Crippen molar-refractivity contribution in [3.63, 3.8) is 0 Å². The highest BCUT2D eigenvalue weighted by molar-refractivity contribution is 5.23. The Bertz CT molecular complexity index is 372. The fourth-order valence-electron chi connectivity index (χ4n) is 2.43. The van der Waals surface area contributed by atoms with E-state index in [1.165, 1.54) is 25.7 Å². The van der Waals surface area contributed by atoms with E-state index in [0.29, 0.717) is 24.5 Å². The molecule has 5 nitrogen and oxygen atoms in total. The number of nitrogens with zero attached hydrogens (tertiary/aromatic N) is 2. The summed E-state index contributed by atoms with van der Waals surface area (Å²) in [5.41, 5.74) is 0. The maximum atomic E-state index is 5.62. The first kappa shape index (κ1) is 12.0. The molecule has 0 radical (unpaired) electrons. The minimum atomic E-state index is 0.571. The predicted molar refractivity (Wildman–Crippen MR) is 69.2 cm³/mol. The largest absolute Gasteiger partial charge is 0.407 e. The molecule has 100 valence electrons. The molecule has 5 heteroatoms. The molecule has 1 aromatic heterocycles. The highest BCUT2D eigenvalue weighted by Gasteiger charge is 2.42. The number of rotatable bonds is 8. The van der Waals surface area contributed by atoms with Crippen LogP contribution in [0.5, 0.6) is 0 Å². The number of nitrogens with one attached hydrogen (secondary N) is 2. The molecule has 2 aliphatic carbocycles. The molecule has 0 amide bonds. The van der Waals surface area contributed by atoms with Gasteiger partial charge in [-0.1, -0.05) is 12.0 Å². The topological polar surface area (TPSA) is 63.0 Å². The highest BCUT2D eigenvalue weighted by Crippen LogP contribution is 2.45. The summed E-state index contributed by atoms with van der Waals surface area (Å²) in [6.45, 7) is 3.79. The lowest BCUT2D eigenvalue weighted by molar-refractivity contribution is 0.461. The molecule has 0 aromatic carbocycles. The Labute approximate surface area is 108 Å². The lowest BCUT2D eigenvalue weighted by Crippen LogP contribution is -2.24. The standard InChI is InChI=1S/C13H22N4O/c1-2-7-14-8-11-16-17-13(18-11)15-12(9-3-4-9)10-5-6-10/h9-10,12,14H,2-8H2,1H3,(H,15,17). The van der Waals surface area contributed by atoms with Crippen LogP contribution in [-0.2, 0) is 6.54 Å². The number of anilines is 1. The molecule has 0 aliphatic heterocycles. The van der Waals surface area contributed by atoms with Crippen LogP contribution in [0.25, 0.3) is 0 Å². The fourth-order valence-corrected chi connectivity index (χ4v) is 2.43. The van der Waals surface area contributed by atoms with Crippen molar-refractivity contribution in [1.82, 2.24) is 15.5 Å². The van der Waals surface area contributed by atoms with Crippen LogP contribution in [0, 0.1) is 11.8 Å². The average Bonchev–Trinajstić information content (AvgIpc) is 3.27. The third-order valence-electron chi connectivity index (χ3n) is 3.72. The lowest BCUT2D eigenvalue weighted by atomic mass is 10.1. The molecule has 0 bridgehead atoms. The van der Waals surface area contributed by atoms with Gasteiger partial charge in [-0.05, 0) is 50.5 Å². The van der Waals surface area contributed by atoms with E-state index in [0.717, 1.165) is 24.8 Å². The average molecular weight is 250 g/mol. The zero-order valence-electron chi connectivity index (χ0n) is 11.0. The van der Waals surface area contributed by atoms with E-state index in [1.807, 2.05) is 0 Å². The molecular formula is C13H22N4O. The fraction of sp³-hybridized carbons (Fsp3) is 0.846. The Balaban J connectivity index is 1.52. The van der Waals surface area contributed by atoms with E-state index in [2.05, 4.69) is 27.8 Å². The molecule has 1 aromatic rings. The van der Waals surface area contributed by atoms with Gasteiger partial charge in [0.1, 0.15) is 0 Å². The second-order valence-electron chi connectivity index (χ2n) is 5.52. The van der Waals surface area contributed by atoms with Crippen LogP contribution in [0.4, 0.5) is 6.01 Å². The van der Waals surface area contributed by atoms with E-state index in [1.54, 1.807) is 0 Å². The van der Waals surface area contributed by atoms with Crippen LogP contribution in [0.1, 0.15) is 44.9 Å². The maximum absolute atomic E-state index is 5.62. The Hall–Kier alpha value is -1.10. The smallest absolute Gasteiger partial charge is 0.315 e. The second kappa shape index (κ2) is 5.26. The van der Waals surface area contributed by atoms with Gasteiger partial charge in [-0.3, -0.25) is 0 Å². The van der Waals surface area contributed by atoms with Gasteiger partial charge in [-0.15, -0.1) is 5.10 Å². The molecule has 0 atom stereocenters. The molecule has 3 rings (SSSR count). The van der Waals surface area contributed by atoms with Crippen molar-refractivity contribution in [3.8, 4) is 0 Å². The van der Waals surface area contributed by atoms with Gasteiger partial charge in [0.25, 0.3) is 0 Å². The van der Waals surface area contributed by atoms with Crippen LogP contribution in [-0.4, -0.2) is 22.8 Å². The summed E-state index contributed by atoms with van der Waals surface area (Å²) in [5, 5.41) is 14.9. The SMILES string of the molecule is CCCNCc1nnc(NC(C2CC2)C2CC2)o1. The van der Waals surface area contributed by atoms with Crippen LogP contribution in [0.15, 0.2) is 4.42 Å². The molecular weight excluding hydrogens is 228 g/mol. The number of hydrogen-bond acceptors (Lipinski definition) is 5. The molecule has 18 heavy (non-hydrogen) atoms. The summed E-state index contributed by atoms with van der Waals surface area (Å²) < 4.78 is 5.62. The van der Waals surface area contributed by atoms with E-state index >= 15 is 0 Å². The predicted octanol–water partition coefficient (Wildman–Crippen LogP) is 2.17. The Morgan fingerprint density at radius 3 is 2.56 bits per heavy atom. The third-order valence-corrected chi connectivity index (χ3v) is 3.72. The van der Waals surface area contributed by atoms with Crippen molar-refractivity contribution in [3.05, 3.63) is 5.89 Å². The van der Waals surface area contributed by atoms with Crippen molar-refractivity contribution in [2.24, 2.45) is 11.8 Å². The molecule has 0 saturated heterocycles. The molecule has 1 heterocycles. The summed E-state index contributed by atoms with van der Waals surface area (Å²) in [6, 6.07) is 1.17. The maximum Gasteiger partial charge on any atom is 0.315 e. The molecule has 0 unspecified atom stereocenters. The first-order valence-corrected chi connectivity index (χ1v) is 7.16. The summed E-state index contributed by atoms with van der Waals surface area (Å²) >= 11 is 0. The van der Waals surface area contributed by atoms with E-state index in [4.69, 9.17) is 4.42 Å². The monoisotopic (exact) mass is 250 g/mol. The summed E-state index contributed by atoms with van der Waals surface area (Å²) in [6.07, 6.45) is 6.53. The van der Waals surface area contributed by atoms with Gasteiger partial charge >= 0.3 is 6.01 Å². The molecule has 2 fully saturated rings. The van der Waals surface area contributed by atoms with Crippen molar-refractivity contribution < 1.29 is 4.42 Å². The molecule has 2 saturated carbocycles. The second-order valence-corrected chi connectivity index (χ2v) is 5.52. The summed E-state index contributed by atoms with van der Waals surface area (Å²) in [4.78, 5) is 0. The first-order valence-electron chi connectivity index (χ1n) is 7.16. The van der Waals surface area contributed by atoms with Gasteiger partial charge < -0.3 is 15.1 Å². The summed E-state index contributed by atoms with van der Waals surface area (Å²) in [5.74, 6) is 2.36. The van der Waals surface area contributed by atoms with Gasteiger partial charge in [0, 0.05) is 6.04 Å². The van der Waals surface area contributed by atoms with Gasteiger partial charge in [0.05, 0.1) is 6.54 Å². The minimum Gasteiger partial charge on any atom is -0.407 e. The zero-order valence-corrected chi connectivity index (χ0v) is 11.0. The van der Waals surface area contributed by atoms with Gasteiger partial charge in [-0.2, -0.15) is 0 Å². The normalized spacial score (nSPS) is 19.4. The van der Waals surface area contributed by atoms with Crippen molar-refractivity contribution >= 4 is 6.01 Å². The van der Waals surface area contributed by atoms with Crippen LogP contribution < -0.4 is 10.6 Å². The lowest BCUT2D eigenvalue weighted by Gasteiger charge is -2.15. The van der Waals surface area contributed by atoms with E-state index in [-0.39, 0.29) is 0 Å². The number of hydrogen-bond donors (Lipinski definition) is 2. The Kier molecular flexibility index (Phi) is 3.50. The van der Waals surface area contributed by atoms with Crippen molar-refractivity contribution in [2.75, 3.05) is 11.9 Å². The zero-order chi connectivity index (χ0) is 12.4. The van der Waals surface area contributed by atoms with Gasteiger partial charge in [-0.25, -0.2) is 0 Å². The molecule has 0 spiro atoms. The first-order chi connectivity index (χ1) is 8.86. The Morgan fingerprint density at radius 2 is 1.94 bits per heavy atom. The highest BCUT2D eigenvalue weighted by atomic mass is 16.4.